The summed E-state index contributed by atoms with van der Waals surface area (Å²) in [6, 6.07) is 0. The van der Waals surface area contributed by atoms with E-state index in [1.54, 1.807) is 11.7 Å². The second kappa shape index (κ2) is 7.12. The van der Waals surface area contributed by atoms with Gasteiger partial charge in [-0.25, -0.2) is 4.98 Å². The molecule has 138 valence electrons. The van der Waals surface area contributed by atoms with Crippen molar-refractivity contribution < 1.29 is 22.4 Å². The van der Waals surface area contributed by atoms with E-state index in [2.05, 4.69) is 15.1 Å². The molecule has 0 aliphatic carbocycles. The predicted molar refractivity (Wildman–Crippen MR) is 80.4 cm³/mol. The summed E-state index contributed by atoms with van der Waals surface area (Å²) in [5, 5.41) is 3.89. The van der Waals surface area contributed by atoms with Crippen LogP contribution in [0.3, 0.4) is 0 Å². The van der Waals surface area contributed by atoms with Crippen molar-refractivity contribution in [3.63, 3.8) is 0 Å². The molecule has 1 aliphatic rings. The van der Waals surface area contributed by atoms with Gasteiger partial charge in [-0.3, -0.25) is 4.90 Å². The summed E-state index contributed by atoms with van der Waals surface area (Å²) < 4.78 is 49.9. The monoisotopic (exact) mass is 359 g/mol. The number of methoxy groups -OCH3 is 1. The molecule has 0 amide bonds. The molecule has 0 aromatic carbocycles. The summed E-state index contributed by atoms with van der Waals surface area (Å²) in [5.41, 5.74) is -0.811. The molecule has 1 atom stereocenters. The van der Waals surface area contributed by atoms with Crippen LogP contribution in [0.5, 0.6) is 0 Å². The topological polar surface area (TPSA) is 69.2 Å². The highest BCUT2D eigenvalue weighted by atomic mass is 19.4. The number of aromatic nitrogens is 4. The van der Waals surface area contributed by atoms with E-state index < -0.39 is 11.9 Å². The SMILES string of the molecule is COCc1nc(CN(C)C[C@@H]2CCc3nc(C(F)(F)F)cn3C2)no1. The highest BCUT2D eigenvalue weighted by molar-refractivity contribution is 5.10. The van der Waals surface area contributed by atoms with Crippen LogP contribution < -0.4 is 0 Å². The van der Waals surface area contributed by atoms with Gasteiger partial charge >= 0.3 is 6.18 Å². The minimum Gasteiger partial charge on any atom is -0.375 e. The molecule has 7 nitrogen and oxygen atoms in total. The van der Waals surface area contributed by atoms with Gasteiger partial charge in [0.1, 0.15) is 12.4 Å². The quantitative estimate of drug-likeness (QED) is 0.787. The molecular weight excluding hydrogens is 339 g/mol. The molecule has 0 fully saturated rings. The zero-order valence-electron chi connectivity index (χ0n) is 14.1. The number of hydrogen-bond donors (Lipinski definition) is 0. The second-order valence-corrected chi connectivity index (χ2v) is 6.33. The molecular formula is C15H20F3N5O2. The Morgan fingerprint density at radius 2 is 2.20 bits per heavy atom. The Bertz CT molecular complexity index is 712. The number of halogens is 3. The van der Waals surface area contributed by atoms with Gasteiger partial charge < -0.3 is 13.8 Å². The van der Waals surface area contributed by atoms with Gasteiger partial charge in [-0.05, 0) is 19.4 Å². The summed E-state index contributed by atoms with van der Waals surface area (Å²) in [4.78, 5) is 9.96. The van der Waals surface area contributed by atoms with Gasteiger partial charge in [-0.2, -0.15) is 18.2 Å². The number of aryl methyl sites for hydroxylation is 1. The third kappa shape index (κ3) is 4.37. The lowest BCUT2D eigenvalue weighted by Gasteiger charge is -2.27. The van der Waals surface area contributed by atoms with Crippen LogP contribution in [0.2, 0.25) is 0 Å². The highest BCUT2D eigenvalue weighted by Gasteiger charge is 2.35. The Labute approximate surface area is 142 Å². The fourth-order valence-electron chi connectivity index (χ4n) is 3.08. The Morgan fingerprint density at radius 1 is 1.40 bits per heavy atom. The molecule has 2 aromatic rings. The zero-order chi connectivity index (χ0) is 18.0. The first-order valence-corrected chi connectivity index (χ1v) is 7.97. The van der Waals surface area contributed by atoms with Crippen molar-refractivity contribution in [3.05, 3.63) is 29.4 Å². The van der Waals surface area contributed by atoms with Gasteiger partial charge in [0.2, 0.25) is 0 Å². The number of ether oxygens (including phenoxy) is 1. The fourth-order valence-corrected chi connectivity index (χ4v) is 3.08. The van der Waals surface area contributed by atoms with Crippen LogP contribution in [0, 0.1) is 5.92 Å². The van der Waals surface area contributed by atoms with E-state index in [1.807, 2.05) is 11.9 Å². The number of rotatable bonds is 6. The molecule has 1 aliphatic heterocycles. The van der Waals surface area contributed by atoms with Crippen molar-refractivity contribution in [1.82, 2.24) is 24.6 Å². The summed E-state index contributed by atoms with van der Waals surface area (Å²) in [7, 11) is 3.48. The normalized spacial score (nSPS) is 17.9. The van der Waals surface area contributed by atoms with Gasteiger partial charge in [0.25, 0.3) is 5.89 Å². The predicted octanol–water partition coefficient (Wildman–Crippen LogP) is 2.13. The number of imidazole rings is 1. The number of fused-ring (bicyclic) bond motifs is 1. The average molecular weight is 359 g/mol. The van der Waals surface area contributed by atoms with E-state index in [0.717, 1.165) is 19.2 Å². The van der Waals surface area contributed by atoms with Crippen LogP contribution in [-0.2, 0) is 37.0 Å². The maximum atomic E-state index is 12.8. The van der Waals surface area contributed by atoms with E-state index in [1.165, 1.54) is 0 Å². The Kier molecular flexibility index (Phi) is 5.09. The maximum absolute atomic E-state index is 12.8. The van der Waals surface area contributed by atoms with Crippen LogP contribution in [0.25, 0.3) is 0 Å². The van der Waals surface area contributed by atoms with Gasteiger partial charge in [0.15, 0.2) is 11.5 Å². The highest BCUT2D eigenvalue weighted by Crippen LogP contribution is 2.30. The fraction of sp³-hybridized carbons (Fsp3) is 0.667. The number of nitrogens with zero attached hydrogens (tertiary/aromatic N) is 5. The van der Waals surface area contributed by atoms with Crippen molar-refractivity contribution in [2.45, 2.75) is 38.7 Å². The minimum absolute atomic E-state index is 0.248. The first kappa shape index (κ1) is 17.9. The van der Waals surface area contributed by atoms with Crippen molar-refractivity contribution in [2.24, 2.45) is 5.92 Å². The molecule has 3 rings (SSSR count). The Balaban J connectivity index is 1.56. The van der Waals surface area contributed by atoms with Crippen molar-refractivity contribution in [2.75, 3.05) is 20.7 Å². The summed E-state index contributed by atoms with van der Waals surface area (Å²) in [6.07, 6.45) is -1.93. The summed E-state index contributed by atoms with van der Waals surface area (Å²) >= 11 is 0. The second-order valence-electron chi connectivity index (χ2n) is 6.33. The molecule has 0 unspecified atom stereocenters. The molecule has 0 N–H and O–H groups in total. The minimum atomic E-state index is -4.39. The molecule has 3 heterocycles. The lowest BCUT2D eigenvalue weighted by Crippen LogP contribution is -2.31. The van der Waals surface area contributed by atoms with E-state index in [4.69, 9.17) is 9.26 Å². The van der Waals surface area contributed by atoms with Crippen LogP contribution >= 0.6 is 0 Å². The smallest absolute Gasteiger partial charge is 0.375 e. The average Bonchev–Trinajstić information content (AvgIpc) is 3.13. The van der Waals surface area contributed by atoms with E-state index in [0.29, 0.717) is 37.0 Å². The summed E-state index contributed by atoms with van der Waals surface area (Å²) in [6.45, 7) is 2.04. The lowest BCUT2D eigenvalue weighted by molar-refractivity contribution is -0.141. The maximum Gasteiger partial charge on any atom is 0.434 e. The number of alkyl halides is 3. The Morgan fingerprint density at radius 3 is 2.92 bits per heavy atom. The molecule has 0 saturated heterocycles. The van der Waals surface area contributed by atoms with E-state index in [9.17, 15) is 13.2 Å². The summed E-state index contributed by atoms with van der Waals surface area (Å²) in [5.74, 6) is 1.74. The Hall–Kier alpha value is -1.94. The van der Waals surface area contributed by atoms with Crippen molar-refractivity contribution in [3.8, 4) is 0 Å². The van der Waals surface area contributed by atoms with Gasteiger partial charge in [-0.15, -0.1) is 0 Å². The molecule has 0 saturated carbocycles. The standard InChI is InChI=1S/C15H20F3N5O2/c1-22(8-12-20-14(9-24-2)25-21-12)5-10-3-4-13-19-11(15(16,17)18)7-23(13)6-10/h7,10H,3-6,8-9H2,1-2H3/t10-/m0/s1. The van der Waals surface area contributed by atoms with E-state index >= 15 is 0 Å². The van der Waals surface area contributed by atoms with Crippen LogP contribution in [-0.4, -0.2) is 45.3 Å². The molecule has 0 spiro atoms. The number of hydrogen-bond acceptors (Lipinski definition) is 6. The molecule has 2 aromatic heterocycles. The van der Waals surface area contributed by atoms with Crippen LogP contribution in [0.4, 0.5) is 13.2 Å². The third-order valence-corrected chi connectivity index (χ3v) is 4.14. The molecule has 25 heavy (non-hydrogen) atoms. The molecule has 0 radical (unpaired) electrons. The molecule has 0 bridgehead atoms. The zero-order valence-corrected chi connectivity index (χ0v) is 14.1. The van der Waals surface area contributed by atoms with E-state index in [-0.39, 0.29) is 12.5 Å². The van der Waals surface area contributed by atoms with Gasteiger partial charge in [-0.1, -0.05) is 5.16 Å². The van der Waals surface area contributed by atoms with Crippen LogP contribution in [0.1, 0.15) is 29.7 Å². The molecule has 10 heteroatoms. The van der Waals surface area contributed by atoms with Gasteiger partial charge in [0.05, 0.1) is 6.54 Å². The van der Waals surface area contributed by atoms with Gasteiger partial charge in [0, 0.05) is 32.8 Å². The lowest BCUT2D eigenvalue weighted by atomic mass is 9.99. The largest absolute Gasteiger partial charge is 0.434 e. The van der Waals surface area contributed by atoms with Crippen molar-refractivity contribution in [1.29, 1.82) is 0 Å². The van der Waals surface area contributed by atoms with Crippen molar-refractivity contribution >= 4 is 0 Å². The third-order valence-electron chi connectivity index (χ3n) is 4.14. The first-order valence-electron chi connectivity index (χ1n) is 7.97. The first-order chi connectivity index (χ1) is 11.8. The van der Waals surface area contributed by atoms with Crippen LogP contribution in [0.15, 0.2) is 10.7 Å².